The van der Waals surface area contributed by atoms with E-state index in [0.717, 1.165) is 5.56 Å². The molecule has 0 aliphatic heterocycles. The Morgan fingerprint density at radius 1 is 1.33 bits per heavy atom. The summed E-state index contributed by atoms with van der Waals surface area (Å²) < 4.78 is 5.04. The predicted octanol–water partition coefficient (Wildman–Crippen LogP) is 2.99. The number of hydroxylamine groups is 2. The highest BCUT2D eigenvalue weighted by molar-refractivity contribution is 6.08. The maximum Gasteiger partial charge on any atom is 0.439 e. The van der Waals surface area contributed by atoms with Crippen LogP contribution in [0.5, 0.6) is 0 Å². The number of hydrogen-bond donors (Lipinski definition) is 1. The normalized spacial score (nSPS) is 11.6. The number of carboxylic acid groups (broad SMARTS) is 1. The van der Waals surface area contributed by atoms with Crippen molar-refractivity contribution >= 4 is 23.0 Å². The molecule has 0 bridgehead atoms. The van der Waals surface area contributed by atoms with E-state index in [0.29, 0.717) is 11.0 Å². The summed E-state index contributed by atoms with van der Waals surface area (Å²) in [6.07, 6.45) is -1.52. The fourth-order valence-electron chi connectivity index (χ4n) is 1.74. The zero-order chi connectivity index (χ0) is 15.8. The van der Waals surface area contributed by atoms with E-state index < -0.39 is 17.6 Å². The van der Waals surface area contributed by atoms with Crippen LogP contribution in [0.1, 0.15) is 36.8 Å². The number of aromatic nitrogens is 1. The highest BCUT2D eigenvalue weighted by atomic mass is 16.7. The van der Waals surface area contributed by atoms with Crippen molar-refractivity contribution in [3.8, 4) is 0 Å². The monoisotopic (exact) mass is 292 g/mol. The second-order valence-corrected chi connectivity index (χ2v) is 5.62. The first-order valence-corrected chi connectivity index (χ1v) is 6.31. The number of aryl methyl sites for hydroxylation is 1. The quantitative estimate of drug-likeness (QED) is 0.855. The summed E-state index contributed by atoms with van der Waals surface area (Å²) in [6.45, 7) is 6.77. The third-order valence-electron chi connectivity index (χ3n) is 2.55. The molecule has 21 heavy (non-hydrogen) atoms. The van der Waals surface area contributed by atoms with Gasteiger partial charge in [0.25, 0.3) is 0 Å². The standard InChI is InChI=1S/C14H16N2O5/c1-8-5-6-10-9(7-8)11(15-20-10)12(17)16(13(18)19)21-14(2,3)4/h5-7H,1-4H3,(H,18,19). The van der Waals surface area contributed by atoms with Crippen molar-refractivity contribution in [2.75, 3.05) is 0 Å². The molecule has 2 rings (SSSR count). The molecule has 1 aromatic carbocycles. The van der Waals surface area contributed by atoms with Crippen molar-refractivity contribution in [2.45, 2.75) is 33.3 Å². The van der Waals surface area contributed by atoms with E-state index in [2.05, 4.69) is 5.16 Å². The SMILES string of the molecule is Cc1ccc2onc(C(=O)N(OC(C)(C)C)C(=O)O)c2c1. The molecule has 1 heterocycles. The van der Waals surface area contributed by atoms with Gasteiger partial charge >= 0.3 is 12.0 Å². The minimum absolute atomic E-state index is 0.0969. The molecular weight excluding hydrogens is 276 g/mol. The number of imide groups is 1. The van der Waals surface area contributed by atoms with Crippen molar-refractivity contribution in [2.24, 2.45) is 0 Å². The van der Waals surface area contributed by atoms with Crippen LogP contribution in [0.25, 0.3) is 11.0 Å². The molecule has 0 spiro atoms. The highest BCUT2D eigenvalue weighted by Crippen LogP contribution is 2.22. The Hall–Kier alpha value is -2.41. The number of carbonyl (C=O) groups is 2. The fraction of sp³-hybridized carbons (Fsp3) is 0.357. The summed E-state index contributed by atoms with van der Waals surface area (Å²) in [5, 5.41) is 13.5. The van der Waals surface area contributed by atoms with Gasteiger partial charge in [-0.1, -0.05) is 16.8 Å². The number of carbonyl (C=O) groups excluding carboxylic acids is 1. The van der Waals surface area contributed by atoms with Crippen LogP contribution in [0.3, 0.4) is 0 Å². The van der Waals surface area contributed by atoms with Gasteiger partial charge in [0.15, 0.2) is 11.3 Å². The Balaban J connectivity index is 2.44. The molecular formula is C14H16N2O5. The molecule has 2 aromatic rings. The maximum absolute atomic E-state index is 12.3. The van der Waals surface area contributed by atoms with Crippen molar-refractivity contribution in [1.82, 2.24) is 10.2 Å². The molecule has 0 aliphatic carbocycles. The number of benzene rings is 1. The third-order valence-corrected chi connectivity index (χ3v) is 2.55. The van der Waals surface area contributed by atoms with Crippen LogP contribution < -0.4 is 0 Å². The first-order chi connectivity index (χ1) is 9.69. The van der Waals surface area contributed by atoms with Gasteiger partial charge in [0.2, 0.25) is 0 Å². The molecule has 1 aromatic heterocycles. The number of hydrogen-bond acceptors (Lipinski definition) is 5. The van der Waals surface area contributed by atoms with Gasteiger partial charge in [-0.15, -0.1) is 5.06 Å². The van der Waals surface area contributed by atoms with Gasteiger partial charge in [-0.25, -0.2) is 4.79 Å². The van der Waals surface area contributed by atoms with Gasteiger partial charge < -0.3 is 9.63 Å². The summed E-state index contributed by atoms with van der Waals surface area (Å²) in [5.41, 5.74) is 0.368. The lowest BCUT2D eigenvalue weighted by molar-refractivity contribution is -0.173. The summed E-state index contributed by atoms with van der Waals surface area (Å²) >= 11 is 0. The predicted molar refractivity (Wildman–Crippen MR) is 73.8 cm³/mol. The second kappa shape index (κ2) is 5.17. The molecule has 0 fully saturated rings. The van der Waals surface area contributed by atoms with Crippen LogP contribution in [-0.2, 0) is 4.84 Å². The van der Waals surface area contributed by atoms with Crippen molar-refractivity contribution in [1.29, 1.82) is 0 Å². The van der Waals surface area contributed by atoms with E-state index in [9.17, 15) is 9.59 Å². The first kappa shape index (κ1) is 15.0. The van der Waals surface area contributed by atoms with Crippen molar-refractivity contribution < 1.29 is 24.1 Å². The second-order valence-electron chi connectivity index (χ2n) is 5.62. The summed E-state index contributed by atoms with van der Waals surface area (Å²) in [7, 11) is 0. The molecule has 0 unspecified atom stereocenters. The largest absolute Gasteiger partial charge is 0.463 e. The topological polar surface area (TPSA) is 92.9 Å². The molecule has 0 aliphatic rings. The van der Waals surface area contributed by atoms with Gasteiger partial charge in [-0.3, -0.25) is 9.63 Å². The molecule has 0 atom stereocenters. The number of rotatable bonds is 2. The van der Waals surface area contributed by atoms with Gasteiger partial charge in [-0.05, 0) is 39.8 Å². The molecule has 112 valence electrons. The van der Waals surface area contributed by atoms with Gasteiger partial charge in [-0.2, -0.15) is 0 Å². The minimum atomic E-state index is -1.52. The molecule has 0 saturated carbocycles. The Labute approximate surface area is 121 Å². The van der Waals surface area contributed by atoms with Crippen LogP contribution in [0.2, 0.25) is 0 Å². The number of nitrogens with zero attached hydrogens (tertiary/aromatic N) is 2. The minimum Gasteiger partial charge on any atom is -0.463 e. The van der Waals surface area contributed by atoms with Gasteiger partial charge in [0.05, 0.1) is 11.0 Å². The maximum atomic E-state index is 12.3. The van der Waals surface area contributed by atoms with E-state index in [1.807, 2.05) is 13.0 Å². The van der Waals surface area contributed by atoms with E-state index in [-0.39, 0.29) is 10.8 Å². The lowest BCUT2D eigenvalue weighted by atomic mass is 10.1. The third kappa shape index (κ3) is 3.19. The van der Waals surface area contributed by atoms with Crippen LogP contribution in [0, 0.1) is 6.92 Å². The zero-order valence-corrected chi connectivity index (χ0v) is 12.2. The zero-order valence-electron chi connectivity index (χ0n) is 12.2. The van der Waals surface area contributed by atoms with Crippen LogP contribution in [-0.4, -0.2) is 32.9 Å². The lowest BCUT2D eigenvalue weighted by Crippen LogP contribution is -2.42. The van der Waals surface area contributed by atoms with Crippen LogP contribution in [0.4, 0.5) is 4.79 Å². The average molecular weight is 292 g/mol. The summed E-state index contributed by atoms with van der Waals surface area (Å²) in [5.74, 6) is -0.887. The fourth-order valence-corrected chi connectivity index (χ4v) is 1.74. The van der Waals surface area contributed by atoms with Crippen LogP contribution in [0.15, 0.2) is 22.7 Å². The van der Waals surface area contributed by atoms with Crippen molar-refractivity contribution in [3.05, 3.63) is 29.5 Å². The molecule has 2 amide bonds. The van der Waals surface area contributed by atoms with Crippen LogP contribution >= 0.6 is 0 Å². The Bertz CT molecular complexity index is 699. The van der Waals surface area contributed by atoms with Gasteiger partial charge in [0.1, 0.15) is 0 Å². The highest BCUT2D eigenvalue weighted by Gasteiger charge is 2.32. The molecule has 1 N–H and O–H groups in total. The van der Waals surface area contributed by atoms with Crippen molar-refractivity contribution in [3.63, 3.8) is 0 Å². The first-order valence-electron chi connectivity index (χ1n) is 6.31. The molecule has 0 radical (unpaired) electrons. The van der Waals surface area contributed by atoms with E-state index >= 15 is 0 Å². The summed E-state index contributed by atoms with van der Waals surface area (Å²) in [6, 6.07) is 5.18. The van der Waals surface area contributed by atoms with E-state index in [1.165, 1.54) is 0 Å². The van der Waals surface area contributed by atoms with E-state index in [1.54, 1.807) is 32.9 Å². The smallest absolute Gasteiger partial charge is 0.439 e. The number of fused-ring (bicyclic) bond motifs is 1. The average Bonchev–Trinajstić information content (AvgIpc) is 2.76. The lowest BCUT2D eigenvalue weighted by Gasteiger charge is -2.25. The number of amides is 2. The Kier molecular flexibility index (Phi) is 3.69. The Morgan fingerprint density at radius 2 is 2.00 bits per heavy atom. The van der Waals surface area contributed by atoms with Gasteiger partial charge in [0, 0.05) is 0 Å². The summed E-state index contributed by atoms with van der Waals surface area (Å²) in [4.78, 5) is 28.8. The van der Waals surface area contributed by atoms with E-state index in [4.69, 9.17) is 14.5 Å². The molecule has 0 saturated heterocycles. The Morgan fingerprint density at radius 3 is 2.57 bits per heavy atom. The molecule has 7 heteroatoms. The molecule has 7 nitrogen and oxygen atoms in total.